The van der Waals surface area contributed by atoms with Crippen LogP contribution in [0.15, 0.2) is 24.3 Å². The fourth-order valence-corrected chi connectivity index (χ4v) is 2.59. The molecule has 0 spiro atoms. The fourth-order valence-electron chi connectivity index (χ4n) is 1.18. The molecule has 0 aliphatic rings. The number of unbranched alkanes of at least 4 members (excludes halogenated alkanes) is 1. The first-order valence-corrected chi connectivity index (χ1v) is 6.12. The van der Waals surface area contributed by atoms with Crippen molar-refractivity contribution in [3.05, 3.63) is 29.8 Å². The molecule has 0 nitrogen and oxygen atoms in total. The van der Waals surface area contributed by atoms with Crippen molar-refractivity contribution in [1.29, 1.82) is 0 Å². The maximum Gasteiger partial charge on any atom is 0.250 e. The van der Waals surface area contributed by atoms with Crippen molar-refractivity contribution in [3.63, 3.8) is 0 Å². The van der Waals surface area contributed by atoms with E-state index in [1.54, 1.807) is 4.43 Å². The summed E-state index contributed by atoms with van der Waals surface area (Å²) in [5.74, 6) is 0. The molecule has 0 saturated heterocycles. The number of hydrogen-bond acceptors (Lipinski definition) is 0. The summed E-state index contributed by atoms with van der Waals surface area (Å²) >= 11 is 0.535. The molecule has 1 heteroatoms. The first-order chi connectivity index (χ1) is 5.83. The van der Waals surface area contributed by atoms with Crippen molar-refractivity contribution < 1.29 is 0 Å². The van der Waals surface area contributed by atoms with Gasteiger partial charge in [-0.1, -0.05) is 54.9 Å². The highest BCUT2D eigenvalue weighted by atomic mass is 27.1. The summed E-state index contributed by atoms with van der Waals surface area (Å²) in [7, 11) is 0. The van der Waals surface area contributed by atoms with Crippen LogP contribution >= 0.6 is 0 Å². The van der Waals surface area contributed by atoms with E-state index in [1.807, 2.05) is 0 Å². The molecule has 0 aliphatic heterocycles. The van der Waals surface area contributed by atoms with Crippen LogP contribution < -0.4 is 4.43 Å². The van der Waals surface area contributed by atoms with Crippen LogP contribution in [-0.2, 0) is 0 Å². The Morgan fingerprint density at radius 3 is 2.42 bits per heavy atom. The lowest BCUT2D eigenvalue weighted by Crippen LogP contribution is -2.12. The Balaban J connectivity index is 2.37. The molecule has 1 aromatic rings. The Morgan fingerprint density at radius 1 is 1.17 bits per heavy atom. The summed E-state index contributed by atoms with van der Waals surface area (Å²) in [6.45, 7) is 4.40. The minimum Gasteiger partial charge on any atom is -0.124 e. The molecule has 63 valence electrons. The Hall–Kier alpha value is -0.248. The summed E-state index contributed by atoms with van der Waals surface area (Å²) in [6.07, 6.45) is 2.72. The van der Waals surface area contributed by atoms with Crippen molar-refractivity contribution in [2.24, 2.45) is 0 Å². The molecule has 0 N–H and O–H groups in total. The van der Waals surface area contributed by atoms with Gasteiger partial charge in [0, 0.05) is 0 Å². The van der Waals surface area contributed by atoms with Crippen molar-refractivity contribution in [3.8, 4) is 0 Å². The van der Waals surface area contributed by atoms with Crippen LogP contribution in [0.5, 0.6) is 0 Å². The summed E-state index contributed by atoms with van der Waals surface area (Å²) in [6, 6.07) is 8.99. The van der Waals surface area contributed by atoms with Gasteiger partial charge >= 0.3 is 0 Å². The molecule has 0 atom stereocenters. The van der Waals surface area contributed by atoms with Crippen LogP contribution in [-0.4, -0.2) is 15.2 Å². The maximum absolute atomic E-state index is 2.28. The highest BCUT2D eigenvalue weighted by Gasteiger charge is 1.94. The van der Waals surface area contributed by atoms with E-state index in [0.717, 1.165) is 0 Å². The maximum atomic E-state index is 2.28. The van der Waals surface area contributed by atoms with Crippen LogP contribution in [0.1, 0.15) is 25.3 Å². The topological polar surface area (TPSA) is 0 Å². The van der Waals surface area contributed by atoms with Crippen molar-refractivity contribution in [2.45, 2.75) is 32.0 Å². The van der Waals surface area contributed by atoms with Crippen LogP contribution in [0.3, 0.4) is 0 Å². The zero-order valence-corrected chi connectivity index (χ0v) is 9.16. The smallest absolute Gasteiger partial charge is 0.124 e. The molecule has 1 radical (unpaired) electrons. The van der Waals surface area contributed by atoms with Gasteiger partial charge in [-0.15, -0.1) is 4.43 Å². The second-order valence-electron chi connectivity index (χ2n) is 3.26. The summed E-state index contributed by atoms with van der Waals surface area (Å²) in [4.78, 5) is 0. The van der Waals surface area contributed by atoms with E-state index < -0.39 is 0 Å². The van der Waals surface area contributed by atoms with E-state index >= 15 is 0 Å². The standard InChI is InChI=1S/C7H7.C4H9.Al/c1-7-5-3-2-4-6-7;1-3-4-2;/h3-6H,1H3;1,3-4H2,2H3;. The molecule has 0 bridgehead atoms. The summed E-state index contributed by atoms with van der Waals surface area (Å²) in [5, 5.41) is 1.42. The highest BCUT2D eigenvalue weighted by molar-refractivity contribution is 6.53. The monoisotopic (exact) mass is 175 g/mol. The van der Waals surface area contributed by atoms with E-state index in [4.69, 9.17) is 0 Å². The Bertz CT molecular complexity index is 213. The van der Waals surface area contributed by atoms with E-state index in [1.165, 1.54) is 23.7 Å². The lowest BCUT2D eigenvalue weighted by atomic mass is 10.2. The molecule has 0 heterocycles. The van der Waals surface area contributed by atoms with Gasteiger partial charge in [-0.05, 0) is 6.92 Å². The van der Waals surface area contributed by atoms with Crippen molar-refractivity contribution >= 4 is 19.6 Å². The van der Waals surface area contributed by atoms with E-state index in [0.29, 0.717) is 15.2 Å². The summed E-state index contributed by atoms with van der Waals surface area (Å²) in [5.41, 5.74) is 1.37. The number of benzene rings is 1. The molecule has 0 aliphatic carbocycles. The second-order valence-corrected chi connectivity index (χ2v) is 4.91. The van der Waals surface area contributed by atoms with Gasteiger partial charge in [0.05, 0.1) is 0 Å². The molecule has 12 heavy (non-hydrogen) atoms. The average Bonchev–Trinajstić information content (AvgIpc) is 2.09. The third kappa shape index (κ3) is 3.43. The van der Waals surface area contributed by atoms with Gasteiger partial charge in [-0.25, -0.2) is 0 Å². The average molecular weight is 175 g/mol. The number of rotatable bonds is 4. The minimum absolute atomic E-state index is 0.535. The van der Waals surface area contributed by atoms with Gasteiger partial charge < -0.3 is 0 Å². The predicted molar refractivity (Wildman–Crippen MR) is 56.3 cm³/mol. The molecule has 0 aromatic heterocycles. The van der Waals surface area contributed by atoms with Gasteiger partial charge in [0.25, 0.3) is 0 Å². The van der Waals surface area contributed by atoms with E-state index in [9.17, 15) is 0 Å². The molecule has 0 unspecified atom stereocenters. The first kappa shape index (κ1) is 9.84. The lowest BCUT2D eigenvalue weighted by Gasteiger charge is -1.98. The Labute approximate surface area is 81.7 Å². The predicted octanol–water partition coefficient (Wildman–Crippen LogP) is 2.54. The zero-order chi connectivity index (χ0) is 8.81. The van der Waals surface area contributed by atoms with E-state index in [-0.39, 0.29) is 0 Å². The van der Waals surface area contributed by atoms with Gasteiger partial charge in [0.15, 0.2) is 0 Å². The lowest BCUT2D eigenvalue weighted by molar-refractivity contribution is 0.881. The molecular weight excluding hydrogens is 159 g/mol. The quantitative estimate of drug-likeness (QED) is 0.487. The molecular formula is C11H16Al. The largest absolute Gasteiger partial charge is 0.250 e. The SMILES string of the molecule is CCC[CH2][Al][c]1ccc(C)cc1. The number of hydrogen-bond donors (Lipinski definition) is 0. The third-order valence-corrected chi connectivity index (χ3v) is 3.57. The van der Waals surface area contributed by atoms with Gasteiger partial charge in [-0.3, -0.25) is 0 Å². The van der Waals surface area contributed by atoms with Crippen molar-refractivity contribution in [1.82, 2.24) is 0 Å². The number of aryl methyl sites for hydroxylation is 1. The normalized spacial score (nSPS) is 9.83. The van der Waals surface area contributed by atoms with Crippen LogP contribution in [0, 0.1) is 6.92 Å². The van der Waals surface area contributed by atoms with Gasteiger partial charge in [0.2, 0.25) is 15.2 Å². The van der Waals surface area contributed by atoms with Crippen LogP contribution in [0.4, 0.5) is 0 Å². The highest BCUT2D eigenvalue weighted by Crippen LogP contribution is 1.96. The van der Waals surface area contributed by atoms with Crippen LogP contribution in [0.25, 0.3) is 0 Å². The third-order valence-electron chi connectivity index (χ3n) is 2.02. The molecule has 1 aromatic carbocycles. The van der Waals surface area contributed by atoms with Gasteiger partial charge in [-0.2, -0.15) is 0 Å². The van der Waals surface area contributed by atoms with E-state index in [2.05, 4.69) is 38.1 Å². The van der Waals surface area contributed by atoms with Crippen LogP contribution in [0.2, 0.25) is 5.28 Å². The minimum atomic E-state index is 0.535. The molecule has 1 rings (SSSR count). The summed E-state index contributed by atoms with van der Waals surface area (Å²) < 4.78 is 1.56. The Kier molecular flexibility index (Phi) is 4.43. The zero-order valence-electron chi connectivity index (χ0n) is 8.01. The Morgan fingerprint density at radius 2 is 1.83 bits per heavy atom. The molecule has 0 amide bonds. The molecule has 0 saturated carbocycles. The molecule has 0 fully saturated rings. The van der Waals surface area contributed by atoms with Gasteiger partial charge in [0.1, 0.15) is 0 Å². The fraction of sp³-hybridized carbons (Fsp3) is 0.455. The van der Waals surface area contributed by atoms with Crippen molar-refractivity contribution in [2.75, 3.05) is 0 Å². The second kappa shape index (κ2) is 5.41. The first-order valence-electron chi connectivity index (χ1n) is 4.73.